The highest BCUT2D eigenvalue weighted by Gasteiger charge is 2.23. The Labute approximate surface area is 267 Å². The van der Waals surface area contributed by atoms with Crippen LogP contribution in [-0.2, 0) is 24.4 Å². The molecule has 1 aliphatic heterocycles. The monoisotopic (exact) mass is 615 g/mol. The van der Waals surface area contributed by atoms with Gasteiger partial charge < -0.3 is 34.6 Å². The highest BCUT2D eigenvalue weighted by molar-refractivity contribution is 5.80. The van der Waals surface area contributed by atoms with E-state index in [-0.39, 0.29) is 6.09 Å². The van der Waals surface area contributed by atoms with Crippen LogP contribution in [0.4, 0.5) is 4.79 Å². The van der Waals surface area contributed by atoms with E-state index in [2.05, 4.69) is 68.6 Å². The van der Waals surface area contributed by atoms with Gasteiger partial charge in [-0.1, -0.05) is 32.0 Å². The number of benzene rings is 2. The van der Waals surface area contributed by atoms with Crippen molar-refractivity contribution in [1.82, 2.24) is 35.1 Å². The lowest BCUT2D eigenvalue weighted by atomic mass is 9.93. The van der Waals surface area contributed by atoms with Crippen molar-refractivity contribution in [3.8, 4) is 39.4 Å². The molecule has 0 aliphatic carbocycles. The lowest BCUT2D eigenvalue weighted by Gasteiger charge is -2.26. The Morgan fingerprint density at radius 1 is 0.933 bits per heavy atom. The van der Waals surface area contributed by atoms with Gasteiger partial charge in [0.2, 0.25) is 0 Å². The van der Waals surface area contributed by atoms with Crippen molar-refractivity contribution in [3.05, 3.63) is 66.0 Å². The number of nitrogens with one attached hydrogen (secondary N) is 3. The maximum absolute atomic E-state index is 12.7. The molecule has 0 unspecified atom stereocenters. The second-order valence-corrected chi connectivity index (χ2v) is 12.8. The molecule has 0 spiro atoms. The lowest BCUT2D eigenvalue weighted by molar-refractivity contribution is 0.0229. The van der Waals surface area contributed by atoms with Crippen molar-refractivity contribution < 1.29 is 14.3 Å². The summed E-state index contributed by atoms with van der Waals surface area (Å²) < 4.78 is 11.8. The Bertz CT molecular complexity index is 1550. The van der Waals surface area contributed by atoms with Gasteiger partial charge in [-0.15, -0.1) is 0 Å². The number of fused-ring (bicyclic) bond motifs is 3. The molecule has 3 heterocycles. The molecule has 0 bridgehead atoms. The van der Waals surface area contributed by atoms with Crippen LogP contribution in [0.15, 0.2) is 48.8 Å². The van der Waals surface area contributed by atoms with Gasteiger partial charge in [0, 0.05) is 17.7 Å². The summed E-state index contributed by atoms with van der Waals surface area (Å²) >= 11 is 0. The lowest BCUT2D eigenvalue weighted by Crippen LogP contribution is -2.37. The SMILES string of the molecule is CCCNCc1ncc(-c2ccc3c(c2)OCc2cc(-c4cnc(CN(CCC)C(=O)OC(C)(C)C)[nH]4)ccc2-3)[nH]1.CN(C)C. The number of aromatic nitrogens is 4. The Morgan fingerprint density at radius 2 is 1.56 bits per heavy atom. The zero-order valence-electron chi connectivity index (χ0n) is 28.1. The van der Waals surface area contributed by atoms with Gasteiger partial charge in [-0.05, 0) is 96.2 Å². The zero-order valence-corrected chi connectivity index (χ0v) is 28.1. The Morgan fingerprint density at radius 3 is 2.20 bits per heavy atom. The summed E-state index contributed by atoms with van der Waals surface area (Å²) in [6.45, 7) is 13.0. The van der Waals surface area contributed by atoms with E-state index in [1.54, 1.807) is 4.90 Å². The minimum Gasteiger partial charge on any atom is -0.488 e. The van der Waals surface area contributed by atoms with Crippen LogP contribution in [0.5, 0.6) is 5.75 Å². The molecular formula is C35H49N7O3. The number of carbonyl (C=O) groups excluding carboxylic acids is 1. The number of hydrogen-bond acceptors (Lipinski definition) is 7. The second-order valence-electron chi connectivity index (χ2n) is 12.8. The Kier molecular flexibility index (Phi) is 11.4. The molecule has 0 saturated carbocycles. The number of nitrogens with zero attached hydrogens (tertiary/aromatic N) is 4. The molecule has 0 saturated heterocycles. The van der Waals surface area contributed by atoms with Gasteiger partial charge in [-0.2, -0.15) is 0 Å². The molecule has 45 heavy (non-hydrogen) atoms. The molecule has 2 aromatic heterocycles. The number of H-pyrrole nitrogens is 2. The fourth-order valence-corrected chi connectivity index (χ4v) is 4.91. The average molecular weight is 616 g/mol. The van der Waals surface area contributed by atoms with Gasteiger partial charge in [-0.25, -0.2) is 14.8 Å². The van der Waals surface area contributed by atoms with E-state index in [0.717, 1.165) is 76.7 Å². The molecule has 4 aromatic rings. The maximum Gasteiger partial charge on any atom is 0.410 e. The van der Waals surface area contributed by atoms with Crippen molar-refractivity contribution in [3.63, 3.8) is 0 Å². The van der Waals surface area contributed by atoms with Crippen molar-refractivity contribution in [2.75, 3.05) is 34.2 Å². The summed E-state index contributed by atoms with van der Waals surface area (Å²) in [5.41, 5.74) is 6.75. The summed E-state index contributed by atoms with van der Waals surface area (Å²) in [5, 5.41) is 3.37. The number of hydrogen-bond donors (Lipinski definition) is 3. The van der Waals surface area contributed by atoms with Gasteiger partial charge in [0.15, 0.2) is 0 Å². The van der Waals surface area contributed by atoms with E-state index in [0.29, 0.717) is 25.5 Å². The van der Waals surface area contributed by atoms with E-state index >= 15 is 0 Å². The van der Waals surface area contributed by atoms with Crippen LogP contribution in [0, 0.1) is 0 Å². The average Bonchev–Trinajstić information content (AvgIpc) is 3.65. The second kappa shape index (κ2) is 15.2. The molecule has 10 nitrogen and oxygen atoms in total. The molecule has 2 aromatic carbocycles. The summed E-state index contributed by atoms with van der Waals surface area (Å²) in [4.78, 5) is 32.2. The molecule has 10 heteroatoms. The molecule has 1 amide bonds. The van der Waals surface area contributed by atoms with E-state index in [4.69, 9.17) is 9.47 Å². The molecular weight excluding hydrogens is 566 g/mol. The first-order chi connectivity index (χ1) is 21.5. The number of aromatic amines is 2. The predicted octanol–water partition coefficient (Wildman–Crippen LogP) is 6.85. The maximum atomic E-state index is 12.7. The molecule has 0 fully saturated rings. The number of imidazole rings is 2. The third-order valence-electron chi connectivity index (χ3n) is 6.84. The van der Waals surface area contributed by atoms with Gasteiger partial charge >= 0.3 is 6.09 Å². The first-order valence-electron chi connectivity index (χ1n) is 15.8. The van der Waals surface area contributed by atoms with Gasteiger partial charge in [-0.3, -0.25) is 0 Å². The molecule has 242 valence electrons. The van der Waals surface area contributed by atoms with E-state index in [9.17, 15) is 4.79 Å². The molecule has 1 aliphatic rings. The van der Waals surface area contributed by atoms with Gasteiger partial charge in [0.1, 0.15) is 29.6 Å². The van der Waals surface area contributed by atoms with Crippen LogP contribution in [-0.4, -0.2) is 75.7 Å². The molecule has 5 rings (SSSR count). The quantitative estimate of drug-likeness (QED) is 0.167. The number of amides is 1. The van der Waals surface area contributed by atoms with Crippen LogP contribution in [0.2, 0.25) is 0 Å². The number of rotatable bonds is 10. The van der Waals surface area contributed by atoms with Crippen molar-refractivity contribution >= 4 is 6.09 Å². The van der Waals surface area contributed by atoms with Crippen LogP contribution in [0.3, 0.4) is 0 Å². The minimum absolute atomic E-state index is 0.331. The Balaban J connectivity index is 0.00000109. The van der Waals surface area contributed by atoms with Crippen molar-refractivity contribution in [1.29, 1.82) is 0 Å². The number of ether oxygens (including phenoxy) is 2. The predicted molar refractivity (Wildman–Crippen MR) is 180 cm³/mol. The van der Waals surface area contributed by atoms with E-state index in [1.807, 2.05) is 66.1 Å². The highest BCUT2D eigenvalue weighted by atomic mass is 16.6. The van der Waals surface area contributed by atoms with Gasteiger partial charge in [0.05, 0.1) is 36.9 Å². The molecule has 3 N–H and O–H groups in total. The van der Waals surface area contributed by atoms with Crippen LogP contribution < -0.4 is 10.1 Å². The summed E-state index contributed by atoms with van der Waals surface area (Å²) in [5.74, 6) is 2.51. The standard InChI is InChI=1S/C32H40N6O3.C3H9N/c1-6-12-33-18-29-34-16-27(36-29)22-9-11-25-24-10-8-21(14-23(24)20-40-28(25)15-22)26-17-35-30(37-26)19-38(13-7-2)31(39)41-32(3,4)5;1-4(2)3/h8-11,14-17,33H,6-7,12-13,18-20H2,1-5H3,(H,34,36)(H,35,37);1-3H3. The fraction of sp³-hybridized carbons (Fsp3) is 0.457. The summed E-state index contributed by atoms with van der Waals surface area (Å²) in [6, 6.07) is 12.7. The summed E-state index contributed by atoms with van der Waals surface area (Å²) in [7, 11) is 6.00. The minimum atomic E-state index is -0.545. The largest absolute Gasteiger partial charge is 0.488 e. The van der Waals surface area contributed by atoms with Crippen molar-refractivity contribution in [2.24, 2.45) is 0 Å². The van der Waals surface area contributed by atoms with Crippen LogP contribution in [0.1, 0.15) is 64.7 Å². The zero-order chi connectivity index (χ0) is 32.6. The van der Waals surface area contributed by atoms with Gasteiger partial charge in [0.25, 0.3) is 0 Å². The van der Waals surface area contributed by atoms with Crippen LogP contribution >= 0.6 is 0 Å². The van der Waals surface area contributed by atoms with Crippen LogP contribution in [0.25, 0.3) is 33.6 Å². The van der Waals surface area contributed by atoms with E-state index < -0.39 is 5.60 Å². The van der Waals surface area contributed by atoms with E-state index in [1.165, 1.54) is 0 Å². The third-order valence-corrected chi connectivity index (χ3v) is 6.84. The Hall–Kier alpha value is -4.15. The molecule has 0 radical (unpaired) electrons. The topological polar surface area (TPSA) is 111 Å². The fourth-order valence-electron chi connectivity index (χ4n) is 4.91. The van der Waals surface area contributed by atoms with Crippen molar-refractivity contribution in [2.45, 2.75) is 72.8 Å². The molecule has 0 atom stereocenters. The highest BCUT2D eigenvalue weighted by Crippen LogP contribution is 2.41. The third kappa shape index (κ3) is 9.42. The normalized spacial score (nSPS) is 12.1. The summed E-state index contributed by atoms with van der Waals surface area (Å²) in [6.07, 6.45) is 5.29. The smallest absolute Gasteiger partial charge is 0.410 e. The number of carbonyl (C=O) groups is 1. The first-order valence-corrected chi connectivity index (χ1v) is 15.8. The first kappa shape index (κ1) is 33.7.